The minimum atomic E-state index is 0.459. The summed E-state index contributed by atoms with van der Waals surface area (Å²) in [6, 6.07) is 0.532. The first-order valence-electron chi connectivity index (χ1n) is 4.61. The average molecular weight is 153 g/mol. The van der Waals surface area contributed by atoms with E-state index >= 15 is 0 Å². The fourth-order valence-electron chi connectivity index (χ4n) is 2.30. The van der Waals surface area contributed by atoms with Gasteiger partial charge in [0.1, 0.15) is 5.78 Å². The van der Waals surface area contributed by atoms with Crippen molar-refractivity contribution >= 4 is 5.78 Å². The molecule has 62 valence electrons. The topological polar surface area (TPSA) is 29.1 Å². The lowest BCUT2D eigenvalue weighted by Crippen LogP contribution is -2.45. The van der Waals surface area contributed by atoms with Gasteiger partial charge in [-0.1, -0.05) is 0 Å². The van der Waals surface area contributed by atoms with Crippen LogP contribution >= 0.6 is 0 Å². The molecule has 0 amide bonds. The predicted molar refractivity (Wildman–Crippen MR) is 43.4 cm³/mol. The Bertz CT molecular complexity index is 167. The second-order valence-electron chi connectivity index (χ2n) is 3.74. The SMILES string of the molecule is O=C1CC[C@@H]2CCCN[C@H]2C1. The van der Waals surface area contributed by atoms with Gasteiger partial charge in [-0.05, 0) is 31.7 Å². The van der Waals surface area contributed by atoms with E-state index in [-0.39, 0.29) is 0 Å². The minimum absolute atomic E-state index is 0.459. The molecule has 1 heterocycles. The van der Waals surface area contributed by atoms with E-state index in [4.69, 9.17) is 0 Å². The average Bonchev–Trinajstić information content (AvgIpc) is 2.04. The Labute approximate surface area is 67.4 Å². The van der Waals surface area contributed by atoms with Gasteiger partial charge in [-0.2, -0.15) is 0 Å². The molecule has 0 unspecified atom stereocenters. The van der Waals surface area contributed by atoms with Gasteiger partial charge in [0.15, 0.2) is 0 Å². The van der Waals surface area contributed by atoms with E-state index in [9.17, 15) is 4.79 Å². The van der Waals surface area contributed by atoms with Crippen molar-refractivity contribution in [1.82, 2.24) is 5.32 Å². The smallest absolute Gasteiger partial charge is 0.134 e. The number of rotatable bonds is 0. The number of piperidine rings is 1. The Morgan fingerprint density at radius 2 is 2.27 bits per heavy atom. The molecule has 11 heavy (non-hydrogen) atoms. The first kappa shape index (κ1) is 7.29. The van der Waals surface area contributed by atoms with Gasteiger partial charge in [-0.15, -0.1) is 0 Å². The molecule has 2 fully saturated rings. The highest BCUT2D eigenvalue weighted by Gasteiger charge is 2.30. The summed E-state index contributed by atoms with van der Waals surface area (Å²) in [5, 5.41) is 3.43. The minimum Gasteiger partial charge on any atom is -0.313 e. The summed E-state index contributed by atoms with van der Waals surface area (Å²) in [5.74, 6) is 1.27. The summed E-state index contributed by atoms with van der Waals surface area (Å²) in [6.45, 7) is 1.12. The molecule has 1 saturated carbocycles. The fraction of sp³-hybridized carbons (Fsp3) is 0.889. The van der Waals surface area contributed by atoms with Crippen molar-refractivity contribution < 1.29 is 4.79 Å². The van der Waals surface area contributed by atoms with Gasteiger partial charge in [-0.3, -0.25) is 4.79 Å². The number of carbonyl (C=O) groups is 1. The van der Waals surface area contributed by atoms with Crippen molar-refractivity contribution in [3.8, 4) is 0 Å². The van der Waals surface area contributed by atoms with Crippen molar-refractivity contribution in [2.24, 2.45) is 5.92 Å². The highest BCUT2D eigenvalue weighted by molar-refractivity contribution is 5.79. The van der Waals surface area contributed by atoms with Crippen LogP contribution in [-0.2, 0) is 4.79 Å². The van der Waals surface area contributed by atoms with E-state index in [1.165, 1.54) is 12.8 Å². The maximum atomic E-state index is 11.1. The second-order valence-corrected chi connectivity index (χ2v) is 3.74. The Kier molecular flexibility index (Phi) is 1.95. The van der Waals surface area contributed by atoms with Crippen LogP contribution in [0.3, 0.4) is 0 Å². The number of nitrogens with one attached hydrogen (secondary N) is 1. The molecular formula is C9H15NO. The predicted octanol–water partition coefficient (Wildman–Crippen LogP) is 1.11. The number of Topliss-reactive ketones (excluding diaryl/α,β-unsaturated/α-hetero) is 1. The zero-order chi connectivity index (χ0) is 7.68. The third kappa shape index (κ3) is 1.45. The van der Waals surface area contributed by atoms with Crippen molar-refractivity contribution in [3.63, 3.8) is 0 Å². The van der Waals surface area contributed by atoms with Gasteiger partial charge in [0.25, 0.3) is 0 Å². The third-order valence-corrected chi connectivity index (χ3v) is 2.97. The lowest BCUT2D eigenvalue weighted by molar-refractivity contribution is -0.122. The summed E-state index contributed by atoms with van der Waals surface area (Å²) < 4.78 is 0. The fourth-order valence-corrected chi connectivity index (χ4v) is 2.30. The molecule has 2 rings (SSSR count). The van der Waals surface area contributed by atoms with Crippen LogP contribution in [0.1, 0.15) is 32.1 Å². The molecule has 2 heteroatoms. The first-order chi connectivity index (χ1) is 5.36. The van der Waals surface area contributed by atoms with E-state index in [0.29, 0.717) is 11.8 Å². The molecule has 0 spiro atoms. The molecule has 1 aliphatic carbocycles. The maximum absolute atomic E-state index is 11.1. The van der Waals surface area contributed by atoms with Gasteiger partial charge in [0.05, 0.1) is 0 Å². The van der Waals surface area contributed by atoms with Crippen LogP contribution in [0, 0.1) is 5.92 Å². The molecule has 0 aromatic carbocycles. The van der Waals surface area contributed by atoms with E-state index in [1.54, 1.807) is 0 Å². The molecule has 1 saturated heterocycles. The Balaban J connectivity index is 1.98. The molecule has 0 radical (unpaired) electrons. The van der Waals surface area contributed by atoms with Gasteiger partial charge in [0.2, 0.25) is 0 Å². The van der Waals surface area contributed by atoms with E-state index in [2.05, 4.69) is 5.32 Å². The number of carbonyl (C=O) groups excluding carboxylic acids is 1. The van der Waals surface area contributed by atoms with Crippen molar-refractivity contribution in [1.29, 1.82) is 0 Å². The van der Waals surface area contributed by atoms with Crippen LogP contribution in [0.5, 0.6) is 0 Å². The van der Waals surface area contributed by atoms with Crippen LogP contribution in [-0.4, -0.2) is 18.4 Å². The Morgan fingerprint density at radius 1 is 1.36 bits per heavy atom. The molecular weight excluding hydrogens is 138 g/mol. The molecule has 2 atom stereocenters. The normalized spacial score (nSPS) is 38.4. The second kappa shape index (κ2) is 2.94. The van der Waals surface area contributed by atoms with Gasteiger partial charge in [-0.25, -0.2) is 0 Å². The number of hydrogen-bond acceptors (Lipinski definition) is 2. The van der Waals surface area contributed by atoms with Crippen LogP contribution in [0.15, 0.2) is 0 Å². The van der Waals surface area contributed by atoms with Gasteiger partial charge >= 0.3 is 0 Å². The van der Waals surface area contributed by atoms with Crippen molar-refractivity contribution in [3.05, 3.63) is 0 Å². The monoisotopic (exact) mass is 153 g/mol. The molecule has 1 N–H and O–H groups in total. The van der Waals surface area contributed by atoms with E-state index < -0.39 is 0 Å². The van der Waals surface area contributed by atoms with Gasteiger partial charge in [0, 0.05) is 18.9 Å². The first-order valence-corrected chi connectivity index (χ1v) is 4.61. The summed E-state index contributed by atoms with van der Waals surface area (Å²) in [7, 11) is 0. The van der Waals surface area contributed by atoms with Crippen LogP contribution in [0.4, 0.5) is 0 Å². The number of fused-ring (bicyclic) bond motifs is 1. The zero-order valence-corrected chi connectivity index (χ0v) is 6.81. The number of ketones is 1. The molecule has 2 aliphatic rings. The van der Waals surface area contributed by atoms with E-state index in [1.807, 2.05) is 0 Å². The number of hydrogen-bond donors (Lipinski definition) is 1. The maximum Gasteiger partial charge on any atom is 0.134 e. The summed E-state index contributed by atoms with van der Waals surface area (Å²) >= 11 is 0. The molecule has 2 nitrogen and oxygen atoms in total. The van der Waals surface area contributed by atoms with Crippen molar-refractivity contribution in [2.45, 2.75) is 38.1 Å². The highest BCUT2D eigenvalue weighted by Crippen LogP contribution is 2.28. The largest absolute Gasteiger partial charge is 0.313 e. The third-order valence-electron chi connectivity index (χ3n) is 2.97. The highest BCUT2D eigenvalue weighted by atomic mass is 16.1. The Hall–Kier alpha value is -0.370. The quantitative estimate of drug-likeness (QED) is 0.564. The van der Waals surface area contributed by atoms with Crippen molar-refractivity contribution in [2.75, 3.05) is 6.54 Å². The van der Waals surface area contributed by atoms with Crippen LogP contribution in [0.2, 0.25) is 0 Å². The zero-order valence-electron chi connectivity index (χ0n) is 6.81. The summed E-state index contributed by atoms with van der Waals surface area (Å²) in [5.41, 5.74) is 0. The van der Waals surface area contributed by atoms with Gasteiger partial charge < -0.3 is 5.32 Å². The molecule has 0 aromatic heterocycles. The van der Waals surface area contributed by atoms with Crippen LogP contribution in [0.25, 0.3) is 0 Å². The summed E-state index contributed by atoms with van der Waals surface area (Å²) in [4.78, 5) is 11.1. The summed E-state index contributed by atoms with van der Waals surface area (Å²) in [6.07, 6.45) is 5.41. The lowest BCUT2D eigenvalue weighted by atomic mass is 9.79. The van der Waals surface area contributed by atoms with E-state index in [0.717, 1.165) is 31.7 Å². The lowest BCUT2D eigenvalue weighted by Gasteiger charge is -2.35. The standard InChI is InChI=1S/C9H15NO/c11-8-4-3-7-2-1-5-10-9(7)6-8/h7,9-10H,1-6H2/t7-,9-/m0/s1. The molecule has 0 aromatic rings. The van der Waals surface area contributed by atoms with Crippen LogP contribution < -0.4 is 5.32 Å². The molecule has 0 bridgehead atoms. The molecule has 1 aliphatic heterocycles. The Morgan fingerprint density at radius 3 is 3.18 bits per heavy atom.